The summed E-state index contributed by atoms with van der Waals surface area (Å²) in [6.07, 6.45) is 1.92. The molecule has 0 fully saturated rings. The number of ether oxygens (including phenoxy) is 1. The number of nitrogens with one attached hydrogen (secondary N) is 1. The number of aromatic nitrogens is 1. The topological polar surface area (TPSA) is 59.2 Å². The van der Waals surface area contributed by atoms with E-state index in [4.69, 9.17) is 11.6 Å². The van der Waals surface area contributed by atoms with Gasteiger partial charge in [0.25, 0.3) is 0 Å². The van der Waals surface area contributed by atoms with Gasteiger partial charge in [-0.2, -0.15) is 0 Å². The van der Waals surface area contributed by atoms with Crippen LogP contribution in [0, 0.1) is 0 Å². The Hall–Kier alpha value is -2.59. The first-order valence-electron chi connectivity index (χ1n) is 7.52. The first-order valence-corrected chi connectivity index (χ1v) is 7.90. The number of carbonyl (C=O) groups excluding carboxylic acids is 2. The molecule has 0 aliphatic carbocycles. The molecule has 122 valence electrons. The van der Waals surface area contributed by atoms with Crippen LogP contribution in [0.5, 0.6) is 0 Å². The summed E-state index contributed by atoms with van der Waals surface area (Å²) in [5.41, 5.74) is 2.86. The number of rotatable bonds is 5. The lowest BCUT2D eigenvalue weighted by Gasteiger charge is -2.16. The highest BCUT2D eigenvalue weighted by atomic mass is 35.5. The molecule has 1 heterocycles. The molecule has 0 bridgehead atoms. The Morgan fingerprint density at radius 2 is 1.83 bits per heavy atom. The van der Waals surface area contributed by atoms with Gasteiger partial charge >= 0.3 is 5.97 Å². The summed E-state index contributed by atoms with van der Waals surface area (Å²) in [4.78, 5) is 26.9. The van der Waals surface area contributed by atoms with Gasteiger partial charge < -0.3 is 9.72 Å². The SMILES string of the molecule is COC(=O)C(=O)C[C@H](c1ccc(Cl)cc1)c1c[nH]c2ccccc12. The van der Waals surface area contributed by atoms with Crippen LogP contribution < -0.4 is 0 Å². The molecule has 3 aromatic rings. The highest BCUT2D eigenvalue weighted by Gasteiger charge is 2.25. The molecule has 5 heteroatoms. The van der Waals surface area contributed by atoms with Crippen molar-refractivity contribution in [3.05, 3.63) is 70.9 Å². The Labute approximate surface area is 144 Å². The van der Waals surface area contributed by atoms with Crippen LogP contribution in [0.3, 0.4) is 0 Å². The molecular weight excluding hydrogens is 326 g/mol. The standard InChI is InChI=1S/C19H16ClNO3/c1-24-19(23)18(22)10-15(12-6-8-13(20)9-7-12)16-11-21-17-5-3-2-4-14(16)17/h2-9,11,15,21H,10H2,1H3/t15-/m1/s1. The molecule has 0 radical (unpaired) electrons. The third-order valence-electron chi connectivity index (χ3n) is 4.07. The van der Waals surface area contributed by atoms with Crippen molar-refractivity contribution in [2.45, 2.75) is 12.3 Å². The number of hydrogen-bond acceptors (Lipinski definition) is 3. The lowest BCUT2D eigenvalue weighted by Crippen LogP contribution is -2.19. The maximum absolute atomic E-state index is 12.1. The lowest BCUT2D eigenvalue weighted by molar-refractivity contribution is -0.151. The fourth-order valence-corrected chi connectivity index (χ4v) is 2.99. The molecule has 4 nitrogen and oxygen atoms in total. The molecule has 24 heavy (non-hydrogen) atoms. The first kappa shape index (κ1) is 16.3. The smallest absolute Gasteiger partial charge is 0.374 e. The van der Waals surface area contributed by atoms with E-state index in [0.717, 1.165) is 22.0 Å². The highest BCUT2D eigenvalue weighted by molar-refractivity contribution is 6.33. The Morgan fingerprint density at radius 1 is 1.12 bits per heavy atom. The number of para-hydroxylation sites is 1. The van der Waals surface area contributed by atoms with E-state index in [9.17, 15) is 9.59 Å². The van der Waals surface area contributed by atoms with Crippen molar-refractivity contribution in [2.75, 3.05) is 7.11 Å². The number of H-pyrrole nitrogens is 1. The Morgan fingerprint density at radius 3 is 2.54 bits per heavy atom. The predicted molar refractivity (Wildman–Crippen MR) is 93.2 cm³/mol. The summed E-state index contributed by atoms with van der Waals surface area (Å²) >= 11 is 5.97. The molecule has 1 aromatic heterocycles. The number of ketones is 1. The number of benzene rings is 2. The summed E-state index contributed by atoms with van der Waals surface area (Å²) in [5.74, 6) is -1.64. The van der Waals surface area contributed by atoms with Gasteiger partial charge in [-0.1, -0.05) is 41.9 Å². The van der Waals surface area contributed by atoms with Crippen LogP contribution in [0.25, 0.3) is 10.9 Å². The average molecular weight is 342 g/mol. The fraction of sp³-hybridized carbons (Fsp3) is 0.158. The van der Waals surface area contributed by atoms with Crippen LogP contribution in [0.1, 0.15) is 23.5 Å². The summed E-state index contributed by atoms with van der Waals surface area (Å²) in [7, 11) is 1.21. The summed E-state index contributed by atoms with van der Waals surface area (Å²) in [6.45, 7) is 0. The van der Waals surface area contributed by atoms with Gasteiger partial charge in [0, 0.05) is 34.5 Å². The minimum Gasteiger partial charge on any atom is -0.463 e. The van der Waals surface area contributed by atoms with Gasteiger partial charge in [0.05, 0.1) is 7.11 Å². The molecule has 1 N–H and O–H groups in total. The second-order valence-electron chi connectivity index (χ2n) is 5.51. The lowest BCUT2D eigenvalue weighted by atomic mass is 9.87. The molecule has 0 unspecified atom stereocenters. The van der Waals surface area contributed by atoms with E-state index >= 15 is 0 Å². The van der Waals surface area contributed by atoms with Crippen molar-refractivity contribution < 1.29 is 14.3 Å². The van der Waals surface area contributed by atoms with E-state index in [0.29, 0.717) is 5.02 Å². The zero-order valence-corrected chi connectivity index (χ0v) is 13.8. The number of hydrogen-bond donors (Lipinski definition) is 1. The van der Waals surface area contributed by atoms with E-state index < -0.39 is 11.8 Å². The van der Waals surface area contributed by atoms with Crippen LogP contribution in [0.4, 0.5) is 0 Å². The number of methoxy groups -OCH3 is 1. The number of fused-ring (bicyclic) bond motifs is 1. The van der Waals surface area contributed by atoms with Gasteiger partial charge in [0.15, 0.2) is 0 Å². The van der Waals surface area contributed by atoms with Gasteiger partial charge in [-0.25, -0.2) is 4.79 Å². The number of carbonyl (C=O) groups is 2. The van der Waals surface area contributed by atoms with Crippen LogP contribution in [-0.4, -0.2) is 23.8 Å². The first-order chi connectivity index (χ1) is 11.6. The summed E-state index contributed by atoms with van der Waals surface area (Å²) in [5, 5.41) is 1.64. The van der Waals surface area contributed by atoms with Crippen LogP contribution in [0.15, 0.2) is 54.7 Å². The van der Waals surface area contributed by atoms with Gasteiger partial charge in [0.1, 0.15) is 0 Å². The van der Waals surface area contributed by atoms with E-state index in [1.807, 2.05) is 42.6 Å². The Kier molecular flexibility index (Phi) is 4.67. The van der Waals surface area contributed by atoms with E-state index in [2.05, 4.69) is 9.72 Å². The number of halogens is 1. The number of esters is 1. The molecular formula is C19H16ClNO3. The van der Waals surface area contributed by atoms with Gasteiger partial charge in [0.2, 0.25) is 5.78 Å². The highest BCUT2D eigenvalue weighted by Crippen LogP contribution is 2.34. The van der Waals surface area contributed by atoms with Crippen molar-refractivity contribution in [1.82, 2.24) is 4.98 Å². The zero-order chi connectivity index (χ0) is 17.1. The normalized spacial score (nSPS) is 12.1. The second-order valence-corrected chi connectivity index (χ2v) is 5.95. The van der Waals surface area contributed by atoms with Crippen LogP contribution in [0.2, 0.25) is 5.02 Å². The molecule has 0 spiro atoms. The molecule has 0 saturated carbocycles. The zero-order valence-electron chi connectivity index (χ0n) is 13.1. The second kappa shape index (κ2) is 6.89. The molecule has 3 rings (SSSR count). The molecule has 0 amide bonds. The number of Topliss-reactive ketones (excluding diaryl/α,β-unsaturated/α-hetero) is 1. The number of aromatic amines is 1. The van der Waals surface area contributed by atoms with Crippen LogP contribution >= 0.6 is 11.6 Å². The van der Waals surface area contributed by atoms with Gasteiger partial charge in [-0.15, -0.1) is 0 Å². The van der Waals surface area contributed by atoms with Crippen molar-refractivity contribution in [3.8, 4) is 0 Å². The average Bonchev–Trinajstić information content (AvgIpc) is 3.03. The van der Waals surface area contributed by atoms with Gasteiger partial charge in [-0.3, -0.25) is 4.79 Å². The van der Waals surface area contributed by atoms with E-state index in [-0.39, 0.29) is 12.3 Å². The van der Waals surface area contributed by atoms with Crippen molar-refractivity contribution >= 4 is 34.3 Å². The third-order valence-corrected chi connectivity index (χ3v) is 4.32. The Bertz CT molecular complexity index is 883. The monoisotopic (exact) mass is 341 g/mol. The molecule has 0 saturated heterocycles. The maximum Gasteiger partial charge on any atom is 0.374 e. The van der Waals surface area contributed by atoms with Crippen LogP contribution in [-0.2, 0) is 14.3 Å². The molecule has 0 aliphatic rings. The van der Waals surface area contributed by atoms with E-state index in [1.54, 1.807) is 12.1 Å². The van der Waals surface area contributed by atoms with Gasteiger partial charge in [-0.05, 0) is 29.3 Å². The van der Waals surface area contributed by atoms with Crippen molar-refractivity contribution in [2.24, 2.45) is 0 Å². The maximum atomic E-state index is 12.1. The molecule has 2 aromatic carbocycles. The quantitative estimate of drug-likeness (QED) is 0.561. The predicted octanol–water partition coefficient (Wildman–Crippen LogP) is 4.09. The summed E-state index contributed by atoms with van der Waals surface area (Å²) in [6, 6.07) is 15.2. The van der Waals surface area contributed by atoms with Crippen molar-refractivity contribution in [3.63, 3.8) is 0 Å². The largest absolute Gasteiger partial charge is 0.463 e. The minimum atomic E-state index is -0.825. The third kappa shape index (κ3) is 3.19. The van der Waals surface area contributed by atoms with E-state index in [1.165, 1.54) is 7.11 Å². The van der Waals surface area contributed by atoms with Crippen molar-refractivity contribution in [1.29, 1.82) is 0 Å². The summed E-state index contributed by atoms with van der Waals surface area (Å²) < 4.78 is 4.56. The minimum absolute atomic E-state index is 0.0379. The molecule has 1 atom stereocenters. The fourth-order valence-electron chi connectivity index (χ4n) is 2.87. The Balaban J connectivity index is 2.06. The molecule has 0 aliphatic heterocycles.